The van der Waals surface area contributed by atoms with Crippen LogP contribution in [0.1, 0.15) is 33.4 Å². The average Bonchev–Trinajstić information content (AvgIpc) is 3.37. The van der Waals surface area contributed by atoms with Crippen LogP contribution in [0.25, 0.3) is 0 Å². The maximum atomic E-state index is 7.00. The first-order chi connectivity index (χ1) is 31.8. The molecule has 0 radical (unpaired) electrons. The van der Waals surface area contributed by atoms with Crippen LogP contribution in [0.4, 0.5) is 0 Å². The van der Waals surface area contributed by atoms with Crippen molar-refractivity contribution in [2.45, 2.75) is 39.6 Å². The molecule has 0 spiro atoms. The maximum absolute atomic E-state index is 7.00. The van der Waals surface area contributed by atoms with Gasteiger partial charge in [-0.3, -0.25) is 0 Å². The van der Waals surface area contributed by atoms with Crippen LogP contribution < -0.4 is 33.3 Å². The zero-order chi connectivity index (χ0) is 45.7. The standard InChI is InChI=1S/C48H57N2O12P3/c1-51-43-19-7-13-37(25-43)31-57-63(58-32-38-14-8-20-44(26-38)52-2)49-65(61-35-41-17-11-23-47(29-41)55-5,62-36-42-18-12-24-48(30-42)56-6)50-64(59-33-39-15-9-21-45(27-39)53-3)60-34-40-16-10-22-46(28-40)54-4/h7-30,49,64-65H,31-36H2,1-6H3. The van der Waals surface area contributed by atoms with Crippen molar-refractivity contribution < 1.29 is 55.6 Å². The van der Waals surface area contributed by atoms with Gasteiger partial charge in [-0.25, -0.2) is 0 Å². The quantitative estimate of drug-likeness (QED) is 0.0491. The number of nitrogens with one attached hydrogen (secondary N) is 1. The molecule has 1 N–H and O–H groups in total. The molecule has 0 aliphatic heterocycles. The third-order valence-corrected chi connectivity index (χ3v) is 15.9. The summed E-state index contributed by atoms with van der Waals surface area (Å²) in [5.74, 6) is 4.09. The van der Waals surface area contributed by atoms with E-state index in [0.717, 1.165) is 33.4 Å². The molecule has 6 rings (SSSR count). The third kappa shape index (κ3) is 16.1. The van der Waals surface area contributed by atoms with E-state index in [-0.39, 0.29) is 39.6 Å². The molecule has 17 heteroatoms. The summed E-state index contributed by atoms with van der Waals surface area (Å²) in [6.07, 6.45) is 0. The van der Waals surface area contributed by atoms with E-state index in [0.29, 0.717) is 34.5 Å². The van der Waals surface area contributed by atoms with E-state index in [1.54, 1.807) is 42.7 Å². The fourth-order valence-electron chi connectivity index (χ4n) is 6.13. The zero-order valence-electron chi connectivity index (χ0n) is 37.4. The van der Waals surface area contributed by atoms with Gasteiger partial charge >= 0.3 is 385 Å². The van der Waals surface area contributed by atoms with Gasteiger partial charge in [-0.05, 0) is 0 Å². The summed E-state index contributed by atoms with van der Waals surface area (Å²) in [7, 11) is 0.836. The molecule has 14 nitrogen and oxygen atoms in total. The first-order valence-electron chi connectivity index (χ1n) is 20.6. The van der Waals surface area contributed by atoms with Crippen LogP contribution in [0.3, 0.4) is 0 Å². The molecule has 0 heterocycles. The third-order valence-electron chi connectivity index (χ3n) is 9.57. The van der Waals surface area contributed by atoms with Crippen LogP contribution >= 0.6 is 24.7 Å². The monoisotopic (exact) mass is 946 g/mol. The molecule has 0 aromatic heterocycles. The van der Waals surface area contributed by atoms with Gasteiger partial charge in [-0.15, -0.1) is 0 Å². The van der Waals surface area contributed by atoms with Gasteiger partial charge < -0.3 is 0 Å². The van der Waals surface area contributed by atoms with Crippen LogP contribution in [0.15, 0.2) is 150 Å². The average molecular weight is 947 g/mol. The summed E-state index contributed by atoms with van der Waals surface area (Å²) in [5, 5.41) is 0. The normalized spacial score (nSPS) is 11.6. The van der Waals surface area contributed by atoms with Gasteiger partial charge in [-0.2, -0.15) is 0 Å². The first-order valence-corrected chi connectivity index (χ1v) is 24.8. The van der Waals surface area contributed by atoms with E-state index in [9.17, 15) is 0 Å². The minimum atomic E-state index is -4.20. The fraction of sp³-hybridized carbons (Fsp3) is 0.250. The van der Waals surface area contributed by atoms with Crippen molar-refractivity contribution in [3.8, 4) is 34.5 Å². The Kier molecular flexibility index (Phi) is 19.9. The van der Waals surface area contributed by atoms with Crippen molar-refractivity contribution in [1.29, 1.82) is 0 Å². The molecule has 0 atom stereocenters. The Hall–Kier alpha value is -5.07. The molecule has 0 amide bonds. The van der Waals surface area contributed by atoms with Crippen molar-refractivity contribution in [1.82, 2.24) is 4.86 Å². The van der Waals surface area contributed by atoms with Gasteiger partial charge in [0.2, 0.25) is 0 Å². The second-order valence-corrected chi connectivity index (χ2v) is 19.8. The van der Waals surface area contributed by atoms with Crippen molar-refractivity contribution in [3.63, 3.8) is 0 Å². The number of benzene rings is 6. The van der Waals surface area contributed by atoms with Gasteiger partial charge in [-0.1, -0.05) is 0 Å². The van der Waals surface area contributed by atoms with E-state index in [2.05, 4.69) is 4.86 Å². The summed E-state index contributed by atoms with van der Waals surface area (Å²) < 4.78 is 79.2. The number of methoxy groups -OCH3 is 6. The zero-order valence-corrected chi connectivity index (χ0v) is 40.3. The molecule has 0 unspecified atom stereocenters. The molecule has 346 valence electrons. The second-order valence-electron chi connectivity index (χ2n) is 14.1. The van der Waals surface area contributed by atoms with Gasteiger partial charge in [0.05, 0.1) is 0 Å². The second kappa shape index (κ2) is 26.2. The molecular weight excluding hydrogens is 889 g/mol. The fourth-order valence-corrected chi connectivity index (χ4v) is 12.8. The number of hydrogen-bond acceptors (Lipinski definition) is 14. The van der Waals surface area contributed by atoms with E-state index in [4.69, 9.17) is 60.1 Å². The Morgan fingerprint density at radius 3 is 0.969 bits per heavy atom. The van der Waals surface area contributed by atoms with Crippen molar-refractivity contribution in [3.05, 3.63) is 179 Å². The van der Waals surface area contributed by atoms with Gasteiger partial charge in [0.15, 0.2) is 0 Å². The van der Waals surface area contributed by atoms with Crippen LogP contribution in [-0.2, 0) is 66.8 Å². The summed E-state index contributed by atoms with van der Waals surface area (Å²) in [6, 6.07) is 45.7. The Bertz CT molecular complexity index is 2270. The number of nitrogens with zero attached hydrogens (tertiary/aromatic N) is 1. The number of rotatable bonds is 27. The van der Waals surface area contributed by atoms with Crippen LogP contribution in [0.2, 0.25) is 0 Å². The van der Waals surface area contributed by atoms with Gasteiger partial charge in [0, 0.05) is 0 Å². The molecule has 0 saturated heterocycles. The molecule has 65 heavy (non-hydrogen) atoms. The molecule has 0 saturated carbocycles. The predicted molar refractivity (Wildman–Crippen MR) is 256 cm³/mol. The van der Waals surface area contributed by atoms with Crippen molar-refractivity contribution >= 4 is 24.7 Å². The Morgan fingerprint density at radius 2 is 0.677 bits per heavy atom. The van der Waals surface area contributed by atoms with E-state index >= 15 is 0 Å². The van der Waals surface area contributed by atoms with E-state index < -0.39 is 24.7 Å². The molecule has 6 aromatic rings. The molecular formula is C48H57N2O12P3. The first kappa shape index (κ1) is 49.4. The SMILES string of the molecule is COc1cccc(COP(N[PH](N=[PH](OCc2cccc(OC)c2)OCc2cccc(OC)c2)(OCc2cccc(OC)c2)OCc2cccc(OC)c2)OCc2cccc(OC)c2)c1. The molecule has 0 aliphatic rings. The van der Waals surface area contributed by atoms with Gasteiger partial charge in [0.1, 0.15) is 0 Å². The van der Waals surface area contributed by atoms with E-state index in [1.807, 2.05) is 146 Å². The van der Waals surface area contributed by atoms with Gasteiger partial charge in [0.25, 0.3) is 0 Å². The molecule has 0 aliphatic carbocycles. The van der Waals surface area contributed by atoms with Crippen LogP contribution in [0, 0.1) is 0 Å². The Labute approximate surface area is 384 Å². The van der Waals surface area contributed by atoms with Crippen LogP contribution in [0.5, 0.6) is 34.5 Å². The van der Waals surface area contributed by atoms with Crippen molar-refractivity contribution in [2.24, 2.45) is 4.52 Å². The number of ether oxygens (including phenoxy) is 6. The molecule has 6 aromatic carbocycles. The topological polar surface area (TPSA) is 135 Å². The Morgan fingerprint density at radius 1 is 0.400 bits per heavy atom. The predicted octanol–water partition coefficient (Wildman–Crippen LogP) is 11.8. The summed E-state index contributed by atoms with van der Waals surface area (Å²) in [6.45, 7) is 0.733. The minimum absolute atomic E-state index is 0.0634. The molecule has 0 bridgehead atoms. The summed E-state index contributed by atoms with van der Waals surface area (Å²) in [4.78, 5) is 3.57. The number of hydrogen-bond donors (Lipinski definition) is 1. The van der Waals surface area contributed by atoms with Crippen LogP contribution in [-0.4, -0.2) is 42.7 Å². The Balaban J connectivity index is 1.46. The van der Waals surface area contributed by atoms with E-state index in [1.165, 1.54) is 0 Å². The summed E-state index contributed by atoms with van der Waals surface area (Å²) >= 11 is 0. The van der Waals surface area contributed by atoms with Crippen molar-refractivity contribution in [2.75, 3.05) is 42.7 Å². The molecule has 0 fully saturated rings. The summed E-state index contributed by atoms with van der Waals surface area (Å²) in [5.41, 5.74) is 5.04.